The molecule has 0 aromatic rings. The number of methoxy groups -OCH3 is 1. The van der Waals surface area contributed by atoms with Gasteiger partial charge in [0.25, 0.3) is 0 Å². The fourth-order valence-electron chi connectivity index (χ4n) is 2.13. The number of ether oxygens (including phenoxy) is 1. The van der Waals surface area contributed by atoms with Crippen molar-refractivity contribution >= 4 is 5.78 Å². The minimum Gasteiger partial charge on any atom is -0.381 e. The molecule has 0 heterocycles. The van der Waals surface area contributed by atoms with Crippen LogP contribution in [-0.4, -0.2) is 19.0 Å². The summed E-state index contributed by atoms with van der Waals surface area (Å²) in [5.74, 6) is 0.747. The first-order valence-electron chi connectivity index (χ1n) is 5.79. The highest BCUT2D eigenvalue weighted by molar-refractivity contribution is 5.81. The van der Waals surface area contributed by atoms with E-state index in [-0.39, 0.29) is 6.10 Å². The molecule has 1 aliphatic carbocycles. The van der Waals surface area contributed by atoms with Crippen LogP contribution in [0.1, 0.15) is 51.9 Å². The molecule has 0 N–H and O–H groups in total. The maximum atomic E-state index is 11.8. The standard InChI is InChI=1S/C12H22O2/c1-10(14-2)9-12(13)11-7-5-3-4-6-8-11/h10-11H,3-9H2,1-2H3. The van der Waals surface area contributed by atoms with Gasteiger partial charge in [-0.25, -0.2) is 0 Å². The number of ketones is 1. The molecule has 0 saturated heterocycles. The average Bonchev–Trinajstić information content (AvgIpc) is 2.45. The highest BCUT2D eigenvalue weighted by atomic mass is 16.5. The van der Waals surface area contributed by atoms with E-state index < -0.39 is 0 Å². The summed E-state index contributed by atoms with van der Waals surface area (Å²) in [5.41, 5.74) is 0. The summed E-state index contributed by atoms with van der Waals surface area (Å²) in [7, 11) is 1.67. The zero-order valence-electron chi connectivity index (χ0n) is 9.42. The quantitative estimate of drug-likeness (QED) is 0.649. The highest BCUT2D eigenvalue weighted by Gasteiger charge is 2.21. The van der Waals surface area contributed by atoms with Crippen molar-refractivity contribution in [3.63, 3.8) is 0 Å². The molecular weight excluding hydrogens is 176 g/mol. The molecule has 0 radical (unpaired) electrons. The number of carbonyl (C=O) groups is 1. The van der Waals surface area contributed by atoms with Crippen molar-refractivity contribution in [2.24, 2.45) is 5.92 Å². The van der Waals surface area contributed by atoms with Gasteiger partial charge in [-0.2, -0.15) is 0 Å². The zero-order valence-corrected chi connectivity index (χ0v) is 9.42. The first-order chi connectivity index (χ1) is 6.74. The van der Waals surface area contributed by atoms with Crippen LogP contribution in [0, 0.1) is 5.92 Å². The zero-order chi connectivity index (χ0) is 10.4. The predicted molar refractivity (Wildman–Crippen MR) is 57.3 cm³/mol. The Balaban J connectivity index is 2.34. The Bertz CT molecular complexity index is 169. The molecule has 1 unspecified atom stereocenters. The van der Waals surface area contributed by atoms with E-state index in [4.69, 9.17) is 4.74 Å². The van der Waals surface area contributed by atoms with Gasteiger partial charge in [0.1, 0.15) is 5.78 Å². The third kappa shape index (κ3) is 3.79. The molecule has 1 aliphatic rings. The van der Waals surface area contributed by atoms with Crippen LogP contribution in [0.15, 0.2) is 0 Å². The summed E-state index contributed by atoms with van der Waals surface area (Å²) >= 11 is 0. The van der Waals surface area contributed by atoms with Gasteiger partial charge < -0.3 is 4.74 Å². The molecule has 1 saturated carbocycles. The lowest BCUT2D eigenvalue weighted by Gasteiger charge is -2.15. The van der Waals surface area contributed by atoms with Crippen LogP contribution >= 0.6 is 0 Å². The first kappa shape index (κ1) is 11.7. The molecule has 2 heteroatoms. The van der Waals surface area contributed by atoms with Crippen LogP contribution in [0.3, 0.4) is 0 Å². The van der Waals surface area contributed by atoms with E-state index in [1.165, 1.54) is 25.7 Å². The number of hydrogen-bond donors (Lipinski definition) is 0. The molecule has 0 aromatic carbocycles. The summed E-state index contributed by atoms with van der Waals surface area (Å²) in [6.07, 6.45) is 7.99. The number of rotatable bonds is 4. The second-order valence-corrected chi connectivity index (χ2v) is 4.41. The lowest BCUT2D eigenvalue weighted by atomic mass is 9.92. The Morgan fingerprint density at radius 3 is 2.36 bits per heavy atom. The fraction of sp³-hybridized carbons (Fsp3) is 0.917. The van der Waals surface area contributed by atoms with Gasteiger partial charge in [0.2, 0.25) is 0 Å². The van der Waals surface area contributed by atoms with Gasteiger partial charge in [0.15, 0.2) is 0 Å². The molecule has 0 bridgehead atoms. The number of carbonyl (C=O) groups excluding carboxylic acids is 1. The average molecular weight is 198 g/mol. The summed E-state index contributed by atoms with van der Waals surface area (Å²) < 4.78 is 5.12. The molecule has 1 rings (SSSR count). The topological polar surface area (TPSA) is 26.3 Å². The molecule has 1 fully saturated rings. The smallest absolute Gasteiger partial charge is 0.138 e. The van der Waals surface area contributed by atoms with Crippen molar-refractivity contribution in [2.45, 2.75) is 58.0 Å². The third-order valence-electron chi connectivity index (χ3n) is 3.20. The molecule has 0 spiro atoms. The van der Waals surface area contributed by atoms with Crippen molar-refractivity contribution in [3.8, 4) is 0 Å². The van der Waals surface area contributed by atoms with Gasteiger partial charge in [-0.15, -0.1) is 0 Å². The number of hydrogen-bond acceptors (Lipinski definition) is 2. The van der Waals surface area contributed by atoms with E-state index in [2.05, 4.69) is 0 Å². The van der Waals surface area contributed by atoms with Crippen LogP contribution in [-0.2, 0) is 9.53 Å². The van der Waals surface area contributed by atoms with Gasteiger partial charge in [-0.1, -0.05) is 25.7 Å². The maximum Gasteiger partial charge on any atom is 0.138 e. The largest absolute Gasteiger partial charge is 0.381 e. The molecule has 1 atom stereocenters. The molecule has 0 amide bonds. The van der Waals surface area contributed by atoms with E-state index >= 15 is 0 Å². The maximum absolute atomic E-state index is 11.8. The second kappa shape index (κ2) is 6.18. The molecule has 2 nitrogen and oxygen atoms in total. The predicted octanol–water partition coefficient (Wildman–Crippen LogP) is 2.95. The Kier molecular flexibility index (Phi) is 5.16. The fourth-order valence-corrected chi connectivity index (χ4v) is 2.13. The van der Waals surface area contributed by atoms with Crippen LogP contribution in [0.4, 0.5) is 0 Å². The third-order valence-corrected chi connectivity index (χ3v) is 3.20. The van der Waals surface area contributed by atoms with Gasteiger partial charge in [0.05, 0.1) is 6.10 Å². The van der Waals surface area contributed by atoms with Crippen molar-refractivity contribution in [2.75, 3.05) is 7.11 Å². The van der Waals surface area contributed by atoms with Crippen LogP contribution in [0.25, 0.3) is 0 Å². The van der Waals surface area contributed by atoms with Crippen LogP contribution in [0.5, 0.6) is 0 Å². The first-order valence-corrected chi connectivity index (χ1v) is 5.79. The minimum absolute atomic E-state index is 0.0887. The van der Waals surface area contributed by atoms with Gasteiger partial charge in [-0.05, 0) is 19.8 Å². The summed E-state index contributed by atoms with van der Waals surface area (Å²) in [4.78, 5) is 11.8. The van der Waals surface area contributed by atoms with E-state index in [0.29, 0.717) is 18.1 Å². The number of Topliss-reactive ketones (excluding diaryl/α,β-unsaturated/α-hetero) is 1. The molecule has 82 valence electrons. The summed E-state index contributed by atoms with van der Waals surface area (Å²) in [5, 5.41) is 0. The SMILES string of the molecule is COC(C)CC(=O)C1CCCCCC1. The Hall–Kier alpha value is -0.370. The Morgan fingerprint density at radius 1 is 1.29 bits per heavy atom. The Labute approximate surface area is 87.0 Å². The Morgan fingerprint density at radius 2 is 1.86 bits per heavy atom. The van der Waals surface area contributed by atoms with E-state index in [1.807, 2.05) is 6.92 Å². The monoisotopic (exact) mass is 198 g/mol. The van der Waals surface area contributed by atoms with Crippen LogP contribution in [0.2, 0.25) is 0 Å². The van der Waals surface area contributed by atoms with Crippen molar-refractivity contribution < 1.29 is 9.53 Å². The van der Waals surface area contributed by atoms with E-state index in [1.54, 1.807) is 7.11 Å². The normalized spacial score (nSPS) is 21.6. The minimum atomic E-state index is 0.0887. The summed E-state index contributed by atoms with van der Waals surface area (Å²) in [6, 6.07) is 0. The van der Waals surface area contributed by atoms with E-state index in [0.717, 1.165) is 12.8 Å². The van der Waals surface area contributed by atoms with Crippen molar-refractivity contribution in [1.29, 1.82) is 0 Å². The van der Waals surface area contributed by atoms with E-state index in [9.17, 15) is 4.79 Å². The molecule has 0 aliphatic heterocycles. The molecule has 0 aromatic heterocycles. The van der Waals surface area contributed by atoms with Crippen molar-refractivity contribution in [1.82, 2.24) is 0 Å². The molecular formula is C12H22O2. The lowest BCUT2D eigenvalue weighted by molar-refractivity contribution is -0.125. The molecule has 14 heavy (non-hydrogen) atoms. The summed E-state index contributed by atoms with van der Waals surface area (Å²) in [6.45, 7) is 1.97. The van der Waals surface area contributed by atoms with Gasteiger partial charge in [-0.3, -0.25) is 4.79 Å². The van der Waals surface area contributed by atoms with Crippen LogP contribution < -0.4 is 0 Å². The lowest BCUT2D eigenvalue weighted by Crippen LogP contribution is -2.20. The van der Waals surface area contributed by atoms with Gasteiger partial charge >= 0.3 is 0 Å². The highest BCUT2D eigenvalue weighted by Crippen LogP contribution is 2.24. The van der Waals surface area contributed by atoms with Gasteiger partial charge in [0, 0.05) is 19.4 Å². The second-order valence-electron chi connectivity index (χ2n) is 4.41. The van der Waals surface area contributed by atoms with Crippen molar-refractivity contribution in [3.05, 3.63) is 0 Å².